The number of carbonyl (C=O) groups is 1. The topological polar surface area (TPSA) is 50.4 Å². The molecule has 0 unspecified atom stereocenters. The fourth-order valence-corrected chi connectivity index (χ4v) is 3.28. The van der Waals surface area contributed by atoms with Gasteiger partial charge >= 0.3 is 0 Å². The molecule has 1 aromatic rings. The van der Waals surface area contributed by atoms with Crippen molar-refractivity contribution < 1.29 is 18.3 Å². The van der Waals surface area contributed by atoms with Crippen LogP contribution in [0.4, 0.5) is 8.78 Å². The van der Waals surface area contributed by atoms with E-state index in [9.17, 15) is 13.6 Å². The van der Waals surface area contributed by atoms with Crippen LogP contribution in [0.5, 0.6) is 0 Å². The van der Waals surface area contributed by atoms with Crippen LogP contribution in [0.1, 0.15) is 31.2 Å². The Bertz CT molecular complexity index is 511. The van der Waals surface area contributed by atoms with Crippen LogP contribution in [0.15, 0.2) is 18.2 Å². The zero-order chi connectivity index (χ0) is 16.7. The van der Waals surface area contributed by atoms with E-state index in [1.54, 1.807) is 7.11 Å². The molecule has 1 aliphatic rings. The Morgan fingerprint density at radius 1 is 1.26 bits per heavy atom. The van der Waals surface area contributed by atoms with Gasteiger partial charge in [-0.2, -0.15) is 0 Å². The zero-order valence-corrected chi connectivity index (χ0v) is 13.5. The number of halogens is 2. The lowest BCUT2D eigenvalue weighted by Crippen LogP contribution is -2.43. The van der Waals surface area contributed by atoms with Crippen LogP contribution in [0, 0.1) is 11.6 Å². The lowest BCUT2D eigenvalue weighted by molar-refractivity contribution is -0.120. The summed E-state index contributed by atoms with van der Waals surface area (Å²) in [5.74, 6) is -1.23. The monoisotopic (exact) mass is 326 g/mol. The van der Waals surface area contributed by atoms with Crippen LogP contribution >= 0.6 is 0 Å². The summed E-state index contributed by atoms with van der Waals surface area (Å²) < 4.78 is 33.2. The summed E-state index contributed by atoms with van der Waals surface area (Å²) in [7, 11) is 1.59. The average Bonchev–Trinajstić information content (AvgIpc) is 2.99. The summed E-state index contributed by atoms with van der Waals surface area (Å²) >= 11 is 0. The minimum absolute atomic E-state index is 0.116. The van der Waals surface area contributed by atoms with E-state index >= 15 is 0 Å². The molecule has 23 heavy (non-hydrogen) atoms. The van der Waals surface area contributed by atoms with E-state index < -0.39 is 17.0 Å². The number of rotatable bonds is 8. The van der Waals surface area contributed by atoms with Crippen molar-refractivity contribution in [1.82, 2.24) is 10.6 Å². The number of amides is 1. The molecule has 1 fully saturated rings. The molecule has 4 nitrogen and oxygen atoms in total. The largest absolute Gasteiger partial charge is 0.383 e. The maximum absolute atomic E-state index is 14.2. The van der Waals surface area contributed by atoms with Gasteiger partial charge < -0.3 is 15.4 Å². The second kappa shape index (κ2) is 8.36. The van der Waals surface area contributed by atoms with Gasteiger partial charge in [-0.3, -0.25) is 4.79 Å². The summed E-state index contributed by atoms with van der Waals surface area (Å²) in [5, 5.41) is 5.77. The maximum atomic E-state index is 14.2. The smallest absolute Gasteiger partial charge is 0.233 e. The number of ether oxygens (including phenoxy) is 1. The summed E-state index contributed by atoms with van der Waals surface area (Å²) in [5.41, 5.74) is -0.525. The second-order valence-corrected chi connectivity index (χ2v) is 6.03. The number of benzene rings is 1. The van der Waals surface area contributed by atoms with Crippen molar-refractivity contribution in [2.24, 2.45) is 0 Å². The Hall–Kier alpha value is -1.53. The predicted molar refractivity (Wildman–Crippen MR) is 84.3 cm³/mol. The number of hydrogen-bond acceptors (Lipinski definition) is 3. The average molecular weight is 326 g/mol. The summed E-state index contributed by atoms with van der Waals surface area (Å²) in [6, 6.07) is 3.94. The van der Waals surface area contributed by atoms with Crippen molar-refractivity contribution in [1.29, 1.82) is 0 Å². The number of nitrogens with one attached hydrogen (secondary N) is 2. The Morgan fingerprint density at radius 2 is 1.91 bits per heavy atom. The molecule has 0 spiro atoms. The Morgan fingerprint density at radius 3 is 2.52 bits per heavy atom. The minimum Gasteiger partial charge on any atom is -0.383 e. The van der Waals surface area contributed by atoms with Crippen LogP contribution in [0.3, 0.4) is 0 Å². The molecule has 1 aromatic carbocycles. The van der Waals surface area contributed by atoms with Gasteiger partial charge in [0.15, 0.2) is 0 Å². The summed E-state index contributed by atoms with van der Waals surface area (Å²) in [6.45, 7) is 1.53. The molecular weight excluding hydrogens is 302 g/mol. The number of carbonyl (C=O) groups excluding carboxylic acids is 1. The Kier molecular flexibility index (Phi) is 6.47. The van der Waals surface area contributed by atoms with Crippen molar-refractivity contribution in [3.05, 3.63) is 35.4 Å². The van der Waals surface area contributed by atoms with Crippen molar-refractivity contribution in [3.8, 4) is 0 Å². The first kappa shape index (κ1) is 17.8. The molecule has 2 N–H and O–H groups in total. The standard InChI is InChI=1S/C17H24F2N2O2/c1-23-10-9-20-11-15(22)21-12-17(7-2-3-8-17)16-13(18)5-4-6-14(16)19/h4-6,20H,2-3,7-12H2,1H3,(H,21,22). The van der Waals surface area contributed by atoms with E-state index in [0.29, 0.717) is 26.0 Å². The molecule has 1 saturated carbocycles. The van der Waals surface area contributed by atoms with Gasteiger partial charge in [-0.25, -0.2) is 8.78 Å². The molecule has 2 rings (SSSR count). The van der Waals surface area contributed by atoms with E-state index in [2.05, 4.69) is 10.6 Å². The molecule has 0 radical (unpaired) electrons. The molecule has 0 saturated heterocycles. The van der Waals surface area contributed by atoms with Gasteiger partial charge in [-0.1, -0.05) is 18.9 Å². The van der Waals surface area contributed by atoms with Crippen LogP contribution in [-0.2, 0) is 14.9 Å². The van der Waals surface area contributed by atoms with Gasteiger partial charge in [0.25, 0.3) is 0 Å². The van der Waals surface area contributed by atoms with Gasteiger partial charge in [0, 0.05) is 31.2 Å². The highest BCUT2D eigenvalue weighted by Gasteiger charge is 2.40. The van der Waals surface area contributed by atoms with Crippen molar-refractivity contribution in [3.63, 3.8) is 0 Å². The quantitative estimate of drug-likeness (QED) is 0.720. The number of methoxy groups -OCH3 is 1. The summed E-state index contributed by atoms with van der Waals surface area (Å²) in [4.78, 5) is 11.9. The highest BCUT2D eigenvalue weighted by Crippen LogP contribution is 2.42. The Balaban J connectivity index is 2.00. The van der Waals surface area contributed by atoms with Gasteiger partial charge in [0.1, 0.15) is 11.6 Å². The molecule has 0 bridgehead atoms. The molecular formula is C17H24F2N2O2. The second-order valence-electron chi connectivity index (χ2n) is 6.03. The van der Waals surface area contributed by atoms with Crippen LogP contribution < -0.4 is 10.6 Å². The van der Waals surface area contributed by atoms with Gasteiger partial charge in [-0.05, 0) is 25.0 Å². The molecule has 0 aromatic heterocycles. The lowest BCUT2D eigenvalue weighted by atomic mass is 9.78. The first-order valence-electron chi connectivity index (χ1n) is 8.00. The van der Waals surface area contributed by atoms with Gasteiger partial charge in [0.05, 0.1) is 13.2 Å². The van der Waals surface area contributed by atoms with Crippen molar-refractivity contribution >= 4 is 5.91 Å². The van der Waals surface area contributed by atoms with E-state index in [1.807, 2.05) is 0 Å². The van der Waals surface area contributed by atoms with E-state index in [0.717, 1.165) is 12.8 Å². The van der Waals surface area contributed by atoms with E-state index in [1.165, 1.54) is 18.2 Å². The van der Waals surface area contributed by atoms with Crippen LogP contribution in [0.25, 0.3) is 0 Å². The minimum atomic E-state index is -0.641. The third-order valence-electron chi connectivity index (χ3n) is 4.45. The third-order valence-corrected chi connectivity index (χ3v) is 4.45. The predicted octanol–water partition coefficient (Wildman–Crippen LogP) is 2.13. The molecule has 1 aliphatic carbocycles. The normalized spacial score (nSPS) is 16.5. The Labute approximate surface area is 135 Å². The first-order valence-corrected chi connectivity index (χ1v) is 8.00. The number of hydrogen-bond donors (Lipinski definition) is 2. The van der Waals surface area contributed by atoms with Crippen LogP contribution in [0.2, 0.25) is 0 Å². The van der Waals surface area contributed by atoms with Crippen molar-refractivity contribution in [2.45, 2.75) is 31.1 Å². The molecule has 0 atom stereocenters. The molecule has 128 valence electrons. The fraction of sp³-hybridized carbons (Fsp3) is 0.588. The zero-order valence-electron chi connectivity index (χ0n) is 13.5. The van der Waals surface area contributed by atoms with E-state index in [4.69, 9.17) is 4.74 Å². The highest BCUT2D eigenvalue weighted by molar-refractivity contribution is 5.78. The molecule has 1 amide bonds. The highest BCUT2D eigenvalue weighted by atomic mass is 19.1. The first-order chi connectivity index (χ1) is 11.1. The van der Waals surface area contributed by atoms with E-state index in [-0.39, 0.29) is 24.6 Å². The van der Waals surface area contributed by atoms with Crippen molar-refractivity contribution in [2.75, 3.05) is 33.4 Å². The fourth-order valence-electron chi connectivity index (χ4n) is 3.28. The van der Waals surface area contributed by atoms with Gasteiger partial charge in [0.2, 0.25) is 5.91 Å². The van der Waals surface area contributed by atoms with Gasteiger partial charge in [-0.15, -0.1) is 0 Å². The lowest BCUT2D eigenvalue weighted by Gasteiger charge is -2.30. The summed E-state index contributed by atoms with van der Waals surface area (Å²) in [6.07, 6.45) is 3.19. The maximum Gasteiger partial charge on any atom is 0.233 e. The molecule has 0 aliphatic heterocycles. The SMILES string of the molecule is COCCNCC(=O)NCC1(c2c(F)cccc2F)CCCC1. The molecule has 6 heteroatoms. The van der Waals surface area contributed by atoms with Crippen LogP contribution in [-0.4, -0.2) is 39.3 Å². The third kappa shape index (κ3) is 4.48. The molecule has 0 heterocycles.